The van der Waals surface area contributed by atoms with Crippen molar-refractivity contribution in [2.75, 3.05) is 19.7 Å². The van der Waals surface area contributed by atoms with E-state index >= 15 is 0 Å². The van der Waals surface area contributed by atoms with E-state index in [4.69, 9.17) is 4.74 Å². The summed E-state index contributed by atoms with van der Waals surface area (Å²) in [7, 11) is -3.53. The molecule has 0 saturated carbocycles. The number of ether oxygens (including phenoxy) is 1. The Labute approximate surface area is 177 Å². The van der Waals surface area contributed by atoms with Crippen LogP contribution in [0.2, 0.25) is 0 Å². The number of sulfonamides is 1. The van der Waals surface area contributed by atoms with E-state index in [0.29, 0.717) is 32.5 Å². The highest BCUT2D eigenvalue weighted by Crippen LogP contribution is 2.24. The number of hydrogen-bond acceptors (Lipinski definition) is 5. The molecule has 30 heavy (non-hydrogen) atoms. The fraction of sp³-hybridized carbons (Fsp3) is 0.364. The minimum atomic E-state index is -3.53. The van der Waals surface area contributed by atoms with Crippen molar-refractivity contribution < 1.29 is 17.9 Å². The fourth-order valence-corrected chi connectivity index (χ4v) is 4.77. The van der Waals surface area contributed by atoms with Gasteiger partial charge in [0.1, 0.15) is 5.75 Å². The number of amides is 1. The third kappa shape index (κ3) is 5.46. The molecular formula is C22H27N3O4S. The molecule has 1 saturated heterocycles. The second kappa shape index (κ2) is 9.86. The number of benzene rings is 2. The molecule has 1 fully saturated rings. The zero-order valence-corrected chi connectivity index (χ0v) is 18.1. The predicted molar refractivity (Wildman–Crippen MR) is 116 cm³/mol. The molecular weight excluding hydrogens is 402 g/mol. The second-order valence-electron chi connectivity index (χ2n) is 7.23. The molecule has 2 aromatic carbocycles. The van der Waals surface area contributed by atoms with E-state index in [1.807, 2.05) is 38.1 Å². The average Bonchev–Trinajstić information content (AvgIpc) is 2.75. The minimum absolute atomic E-state index is 0.190. The third-order valence-corrected chi connectivity index (χ3v) is 6.98. The standard InChI is InChI=1S/C22H27N3O4S/c1-3-29-20-8-6-18(7-9-20)16-23-24-22(26)19-12-14-25(15-13-19)30(27,28)21-10-4-17(2)5-11-21/h4-11,16,19H,3,12-15H2,1-2H3,(H,24,26)/b23-16-. The quantitative estimate of drug-likeness (QED) is 0.541. The Balaban J connectivity index is 1.50. The maximum atomic E-state index is 12.8. The van der Waals surface area contributed by atoms with Gasteiger partial charge in [0.05, 0.1) is 17.7 Å². The maximum Gasteiger partial charge on any atom is 0.243 e. The predicted octanol–water partition coefficient (Wildman–Crippen LogP) is 2.94. The molecule has 0 aromatic heterocycles. The van der Waals surface area contributed by atoms with Gasteiger partial charge in [-0.3, -0.25) is 4.79 Å². The lowest BCUT2D eigenvalue weighted by Gasteiger charge is -2.30. The first-order valence-corrected chi connectivity index (χ1v) is 11.5. The number of carbonyl (C=O) groups excluding carboxylic acids is 1. The number of nitrogens with zero attached hydrogens (tertiary/aromatic N) is 2. The Kier molecular flexibility index (Phi) is 7.23. The third-order valence-electron chi connectivity index (χ3n) is 5.06. The van der Waals surface area contributed by atoms with Crippen LogP contribution in [0.4, 0.5) is 0 Å². The number of rotatable bonds is 7. The summed E-state index contributed by atoms with van der Waals surface area (Å²) >= 11 is 0. The number of aryl methyl sites for hydroxylation is 1. The van der Waals surface area contributed by atoms with Crippen molar-refractivity contribution >= 4 is 22.1 Å². The Morgan fingerprint density at radius 2 is 1.77 bits per heavy atom. The van der Waals surface area contributed by atoms with Crippen molar-refractivity contribution in [3.8, 4) is 5.75 Å². The summed E-state index contributed by atoms with van der Waals surface area (Å²) in [5, 5.41) is 4.02. The maximum absolute atomic E-state index is 12.8. The molecule has 0 unspecified atom stereocenters. The molecule has 160 valence electrons. The Hall–Kier alpha value is -2.71. The molecule has 1 N–H and O–H groups in total. The van der Waals surface area contributed by atoms with Crippen LogP contribution in [0.5, 0.6) is 5.75 Å². The van der Waals surface area contributed by atoms with Gasteiger partial charge in [0.25, 0.3) is 0 Å². The van der Waals surface area contributed by atoms with E-state index in [-0.39, 0.29) is 16.7 Å². The summed E-state index contributed by atoms with van der Waals surface area (Å²) in [4.78, 5) is 12.7. The smallest absolute Gasteiger partial charge is 0.243 e. The zero-order valence-electron chi connectivity index (χ0n) is 17.2. The van der Waals surface area contributed by atoms with Crippen LogP contribution in [0.15, 0.2) is 58.5 Å². The number of nitrogens with one attached hydrogen (secondary N) is 1. The Morgan fingerprint density at radius 1 is 1.13 bits per heavy atom. The first kappa shape index (κ1) is 22.0. The molecule has 0 bridgehead atoms. The molecule has 3 rings (SSSR count). The van der Waals surface area contributed by atoms with Crippen LogP contribution in [0.25, 0.3) is 0 Å². The summed E-state index contributed by atoms with van der Waals surface area (Å²) < 4.78 is 32.4. The summed E-state index contributed by atoms with van der Waals surface area (Å²) in [6.45, 7) is 5.08. The molecule has 8 heteroatoms. The fourth-order valence-electron chi connectivity index (χ4n) is 3.30. The molecule has 1 aliphatic heterocycles. The highest BCUT2D eigenvalue weighted by molar-refractivity contribution is 7.89. The van der Waals surface area contributed by atoms with Crippen molar-refractivity contribution in [3.63, 3.8) is 0 Å². The van der Waals surface area contributed by atoms with Crippen LogP contribution < -0.4 is 10.2 Å². The summed E-state index contributed by atoms with van der Waals surface area (Å²) in [6, 6.07) is 14.2. The van der Waals surface area contributed by atoms with Gasteiger partial charge in [0.2, 0.25) is 15.9 Å². The van der Waals surface area contributed by atoms with Crippen molar-refractivity contribution in [1.82, 2.24) is 9.73 Å². The first-order chi connectivity index (χ1) is 14.4. The van der Waals surface area contributed by atoms with E-state index < -0.39 is 10.0 Å². The molecule has 7 nitrogen and oxygen atoms in total. The monoisotopic (exact) mass is 429 g/mol. The number of hydrazone groups is 1. The van der Waals surface area contributed by atoms with E-state index in [0.717, 1.165) is 16.9 Å². The van der Waals surface area contributed by atoms with Gasteiger partial charge < -0.3 is 4.74 Å². The van der Waals surface area contributed by atoms with Gasteiger partial charge in [-0.1, -0.05) is 17.7 Å². The van der Waals surface area contributed by atoms with Gasteiger partial charge in [0.15, 0.2) is 0 Å². The molecule has 0 aliphatic carbocycles. The van der Waals surface area contributed by atoms with Crippen molar-refractivity contribution in [3.05, 3.63) is 59.7 Å². The van der Waals surface area contributed by atoms with Crippen LogP contribution in [-0.4, -0.2) is 44.5 Å². The topological polar surface area (TPSA) is 88.1 Å². The molecule has 0 spiro atoms. The molecule has 0 atom stereocenters. The lowest BCUT2D eigenvalue weighted by atomic mass is 9.98. The van der Waals surface area contributed by atoms with Gasteiger partial charge in [0, 0.05) is 19.0 Å². The summed E-state index contributed by atoms with van der Waals surface area (Å²) in [5.41, 5.74) is 4.42. The van der Waals surface area contributed by atoms with Crippen molar-refractivity contribution in [2.45, 2.75) is 31.6 Å². The summed E-state index contributed by atoms with van der Waals surface area (Å²) in [6.07, 6.45) is 2.51. The number of carbonyl (C=O) groups is 1. The van der Waals surface area contributed by atoms with Gasteiger partial charge in [-0.05, 0) is 68.7 Å². The van der Waals surface area contributed by atoms with Crippen LogP contribution in [0.1, 0.15) is 30.9 Å². The van der Waals surface area contributed by atoms with E-state index in [1.54, 1.807) is 30.5 Å². The normalized spacial score (nSPS) is 15.9. The first-order valence-electron chi connectivity index (χ1n) is 10.0. The van der Waals surface area contributed by atoms with E-state index in [1.165, 1.54) is 4.31 Å². The van der Waals surface area contributed by atoms with Gasteiger partial charge >= 0.3 is 0 Å². The average molecular weight is 430 g/mol. The van der Waals surface area contributed by atoms with Gasteiger partial charge in [-0.2, -0.15) is 9.41 Å². The SMILES string of the molecule is CCOc1ccc(/C=N\NC(=O)C2CCN(S(=O)(=O)c3ccc(C)cc3)CC2)cc1. The lowest BCUT2D eigenvalue weighted by molar-refractivity contribution is -0.126. The second-order valence-corrected chi connectivity index (χ2v) is 9.17. The highest BCUT2D eigenvalue weighted by atomic mass is 32.2. The number of hydrogen-bond donors (Lipinski definition) is 1. The van der Waals surface area contributed by atoms with Crippen LogP contribution >= 0.6 is 0 Å². The van der Waals surface area contributed by atoms with E-state index in [2.05, 4.69) is 10.5 Å². The molecule has 0 radical (unpaired) electrons. The number of piperidine rings is 1. The van der Waals surface area contributed by atoms with Crippen LogP contribution in [0, 0.1) is 12.8 Å². The largest absolute Gasteiger partial charge is 0.494 e. The van der Waals surface area contributed by atoms with Crippen molar-refractivity contribution in [1.29, 1.82) is 0 Å². The Bertz CT molecular complexity index is 978. The van der Waals surface area contributed by atoms with E-state index in [9.17, 15) is 13.2 Å². The Morgan fingerprint density at radius 3 is 2.37 bits per heavy atom. The van der Waals surface area contributed by atoms with Gasteiger partial charge in [-0.15, -0.1) is 0 Å². The lowest BCUT2D eigenvalue weighted by Crippen LogP contribution is -2.42. The minimum Gasteiger partial charge on any atom is -0.494 e. The van der Waals surface area contributed by atoms with Gasteiger partial charge in [-0.25, -0.2) is 13.8 Å². The van der Waals surface area contributed by atoms with Crippen LogP contribution in [0.3, 0.4) is 0 Å². The summed E-state index contributed by atoms with van der Waals surface area (Å²) in [5.74, 6) is 0.336. The molecule has 1 amide bonds. The molecule has 1 heterocycles. The zero-order chi connectivity index (χ0) is 21.6. The van der Waals surface area contributed by atoms with Crippen LogP contribution in [-0.2, 0) is 14.8 Å². The molecule has 2 aromatic rings. The van der Waals surface area contributed by atoms with Crippen molar-refractivity contribution in [2.24, 2.45) is 11.0 Å². The highest BCUT2D eigenvalue weighted by Gasteiger charge is 2.31. The molecule has 1 aliphatic rings.